The minimum atomic E-state index is -0.983. The Balaban J connectivity index is 1.25. The van der Waals surface area contributed by atoms with Crippen LogP contribution in [-0.2, 0) is 24.7 Å². The SMILES string of the molecule is COCCCN1C(=O)C(C)(C)Oc2ccc(NC(=O)[C@H]3CNC[C@@H](C(=O)NC4(c5ccncc5)CCCC4)C3)cc21. The van der Waals surface area contributed by atoms with Gasteiger partial charge in [-0.3, -0.25) is 19.4 Å². The molecule has 1 aromatic carbocycles. The number of nitrogens with one attached hydrogen (secondary N) is 3. The molecular weight excluding hydrogens is 522 g/mol. The normalized spacial score (nSPS) is 22.9. The average molecular weight is 564 g/mol. The van der Waals surface area contributed by atoms with Crippen LogP contribution in [0.25, 0.3) is 0 Å². The summed E-state index contributed by atoms with van der Waals surface area (Å²) in [5.74, 6) is -0.406. The van der Waals surface area contributed by atoms with Crippen LogP contribution in [-0.4, -0.2) is 61.7 Å². The molecule has 3 heterocycles. The van der Waals surface area contributed by atoms with Crippen LogP contribution in [0.4, 0.5) is 11.4 Å². The van der Waals surface area contributed by atoms with Crippen molar-refractivity contribution in [1.82, 2.24) is 15.6 Å². The van der Waals surface area contributed by atoms with Gasteiger partial charge in [0.2, 0.25) is 11.8 Å². The van der Waals surface area contributed by atoms with E-state index in [1.807, 2.05) is 12.1 Å². The Morgan fingerprint density at radius 3 is 2.51 bits per heavy atom. The van der Waals surface area contributed by atoms with Gasteiger partial charge in [0.05, 0.1) is 23.1 Å². The van der Waals surface area contributed by atoms with Gasteiger partial charge in [0.25, 0.3) is 5.91 Å². The predicted octanol–water partition coefficient (Wildman–Crippen LogP) is 3.37. The zero-order valence-electron chi connectivity index (χ0n) is 24.2. The number of pyridine rings is 1. The van der Waals surface area contributed by atoms with E-state index in [1.54, 1.807) is 56.4 Å². The number of benzene rings is 1. The van der Waals surface area contributed by atoms with Crippen LogP contribution >= 0.6 is 0 Å². The molecule has 5 rings (SSSR count). The molecule has 10 heteroatoms. The molecule has 1 aliphatic carbocycles. The van der Waals surface area contributed by atoms with Gasteiger partial charge in [-0.1, -0.05) is 12.8 Å². The van der Waals surface area contributed by atoms with Crippen LogP contribution in [0.3, 0.4) is 0 Å². The molecule has 2 atom stereocenters. The quantitative estimate of drug-likeness (QED) is 0.400. The average Bonchev–Trinajstić information content (AvgIpc) is 3.45. The number of nitrogens with zero attached hydrogens (tertiary/aromatic N) is 2. The van der Waals surface area contributed by atoms with Gasteiger partial charge < -0.3 is 30.3 Å². The third kappa shape index (κ3) is 6.23. The van der Waals surface area contributed by atoms with Gasteiger partial charge in [-0.15, -0.1) is 0 Å². The number of carbonyl (C=O) groups is 3. The summed E-state index contributed by atoms with van der Waals surface area (Å²) in [6.45, 7) is 5.55. The van der Waals surface area contributed by atoms with Gasteiger partial charge in [-0.25, -0.2) is 0 Å². The second-order valence-electron chi connectivity index (χ2n) is 11.9. The van der Waals surface area contributed by atoms with E-state index < -0.39 is 5.60 Å². The fourth-order valence-electron chi connectivity index (χ4n) is 6.29. The Morgan fingerprint density at radius 1 is 1.10 bits per heavy atom. The van der Waals surface area contributed by atoms with E-state index in [2.05, 4.69) is 20.9 Å². The van der Waals surface area contributed by atoms with Crippen LogP contribution in [0.2, 0.25) is 0 Å². The van der Waals surface area contributed by atoms with Gasteiger partial charge >= 0.3 is 0 Å². The number of fused-ring (bicyclic) bond motifs is 1. The van der Waals surface area contributed by atoms with Crippen molar-refractivity contribution < 1.29 is 23.9 Å². The van der Waals surface area contributed by atoms with E-state index in [1.165, 1.54) is 0 Å². The molecule has 1 saturated heterocycles. The van der Waals surface area contributed by atoms with Crippen LogP contribution in [0.5, 0.6) is 5.75 Å². The molecule has 0 unspecified atom stereocenters. The lowest BCUT2D eigenvalue weighted by Crippen LogP contribution is -2.53. The first-order valence-corrected chi connectivity index (χ1v) is 14.6. The predicted molar refractivity (Wildman–Crippen MR) is 156 cm³/mol. The number of hydrogen-bond donors (Lipinski definition) is 3. The summed E-state index contributed by atoms with van der Waals surface area (Å²) < 4.78 is 11.2. The fourth-order valence-corrected chi connectivity index (χ4v) is 6.29. The highest BCUT2D eigenvalue weighted by molar-refractivity contribution is 6.03. The molecule has 0 radical (unpaired) electrons. The first-order valence-electron chi connectivity index (χ1n) is 14.6. The molecule has 1 aromatic heterocycles. The summed E-state index contributed by atoms with van der Waals surface area (Å²) >= 11 is 0. The summed E-state index contributed by atoms with van der Waals surface area (Å²) in [6, 6.07) is 9.33. The van der Waals surface area contributed by atoms with Gasteiger partial charge in [0, 0.05) is 51.4 Å². The summed E-state index contributed by atoms with van der Waals surface area (Å²) in [5.41, 5.74) is 0.937. The smallest absolute Gasteiger partial charge is 0.270 e. The minimum absolute atomic E-state index is 0.0209. The number of aromatic nitrogens is 1. The minimum Gasteiger partial charge on any atom is -0.476 e. The number of amides is 3. The highest BCUT2D eigenvalue weighted by Gasteiger charge is 2.42. The molecule has 2 aromatic rings. The summed E-state index contributed by atoms with van der Waals surface area (Å²) in [7, 11) is 1.63. The van der Waals surface area contributed by atoms with Crippen molar-refractivity contribution in [2.24, 2.45) is 11.8 Å². The van der Waals surface area contributed by atoms with Crippen molar-refractivity contribution in [3.05, 3.63) is 48.3 Å². The van der Waals surface area contributed by atoms with Crippen molar-refractivity contribution >= 4 is 29.1 Å². The number of carbonyl (C=O) groups excluding carboxylic acids is 3. The summed E-state index contributed by atoms with van der Waals surface area (Å²) in [4.78, 5) is 45.9. The lowest BCUT2D eigenvalue weighted by atomic mass is 9.85. The van der Waals surface area contributed by atoms with Crippen LogP contribution in [0.15, 0.2) is 42.7 Å². The maximum Gasteiger partial charge on any atom is 0.270 e. The van der Waals surface area contributed by atoms with E-state index in [4.69, 9.17) is 9.47 Å². The lowest BCUT2D eigenvalue weighted by molar-refractivity contribution is -0.132. The second-order valence-corrected chi connectivity index (χ2v) is 11.9. The van der Waals surface area contributed by atoms with Gasteiger partial charge in [0.15, 0.2) is 5.60 Å². The highest BCUT2D eigenvalue weighted by Crippen LogP contribution is 2.41. The number of piperidine rings is 1. The first-order chi connectivity index (χ1) is 19.7. The van der Waals surface area contributed by atoms with E-state index in [-0.39, 0.29) is 35.1 Å². The Morgan fingerprint density at radius 2 is 1.80 bits per heavy atom. The van der Waals surface area contributed by atoms with E-state index in [0.29, 0.717) is 56.2 Å². The standard InChI is InChI=1S/C31H41N5O5/c1-30(2)29(39)36(15-6-16-40-3)25-18-24(7-8-26(25)41-30)34-27(37)21-17-22(20-33-19-21)28(38)35-31(11-4-5-12-31)23-9-13-32-14-10-23/h7-10,13-14,18,21-22,33H,4-6,11-12,15-17,19-20H2,1-3H3,(H,34,37)(H,35,38)/t21-,22+/m1/s1. The molecule has 0 bridgehead atoms. The van der Waals surface area contributed by atoms with Gasteiger partial charge in [-0.05, 0) is 75.4 Å². The zero-order valence-corrected chi connectivity index (χ0v) is 24.2. The second kappa shape index (κ2) is 12.2. The number of rotatable bonds is 9. The largest absolute Gasteiger partial charge is 0.476 e. The van der Waals surface area contributed by atoms with Crippen molar-refractivity contribution in [2.75, 3.05) is 43.6 Å². The van der Waals surface area contributed by atoms with E-state index >= 15 is 0 Å². The van der Waals surface area contributed by atoms with E-state index in [0.717, 1.165) is 31.2 Å². The van der Waals surface area contributed by atoms with Gasteiger partial charge in [-0.2, -0.15) is 0 Å². The lowest BCUT2D eigenvalue weighted by Gasteiger charge is -2.39. The molecule has 3 aliphatic rings. The third-order valence-electron chi connectivity index (χ3n) is 8.52. The van der Waals surface area contributed by atoms with E-state index in [9.17, 15) is 14.4 Å². The Bertz CT molecular complexity index is 1260. The highest BCUT2D eigenvalue weighted by atomic mass is 16.5. The summed E-state index contributed by atoms with van der Waals surface area (Å²) in [5, 5.41) is 9.67. The molecule has 2 fully saturated rings. The van der Waals surface area contributed by atoms with Crippen LogP contribution in [0, 0.1) is 11.8 Å². The van der Waals surface area contributed by atoms with Crippen molar-refractivity contribution in [3.8, 4) is 5.75 Å². The number of anilines is 2. The molecule has 3 amide bonds. The Kier molecular flexibility index (Phi) is 8.60. The first kappa shape index (κ1) is 29.0. The molecule has 0 spiro atoms. The van der Waals surface area contributed by atoms with Crippen LogP contribution < -0.4 is 25.6 Å². The molecule has 2 aliphatic heterocycles. The Labute approximate surface area is 241 Å². The summed E-state index contributed by atoms with van der Waals surface area (Å²) in [6.07, 6.45) is 8.60. The van der Waals surface area contributed by atoms with Crippen LogP contribution in [0.1, 0.15) is 57.9 Å². The third-order valence-corrected chi connectivity index (χ3v) is 8.52. The monoisotopic (exact) mass is 563 g/mol. The number of methoxy groups -OCH3 is 1. The van der Waals surface area contributed by atoms with Crippen molar-refractivity contribution in [3.63, 3.8) is 0 Å². The molecule has 3 N–H and O–H groups in total. The molecule has 220 valence electrons. The number of hydrogen-bond acceptors (Lipinski definition) is 7. The molecular formula is C31H41N5O5. The van der Waals surface area contributed by atoms with Crippen molar-refractivity contribution in [2.45, 2.75) is 63.5 Å². The number of ether oxygens (including phenoxy) is 2. The van der Waals surface area contributed by atoms with Crippen molar-refractivity contribution in [1.29, 1.82) is 0 Å². The van der Waals surface area contributed by atoms with Gasteiger partial charge in [0.1, 0.15) is 5.75 Å². The zero-order chi connectivity index (χ0) is 29.0. The molecule has 41 heavy (non-hydrogen) atoms. The Hall–Kier alpha value is -3.50. The fraction of sp³-hybridized carbons (Fsp3) is 0.548. The maximum atomic E-state index is 13.5. The molecule has 1 saturated carbocycles. The topological polar surface area (TPSA) is 122 Å². The maximum absolute atomic E-state index is 13.5. The molecule has 10 nitrogen and oxygen atoms in total.